The van der Waals surface area contributed by atoms with E-state index in [4.69, 9.17) is 5.41 Å². The summed E-state index contributed by atoms with van der Waals surface area (Å²) in [5, 5.41) is 7.75. The van der Waals surface area contributed by atoms with Crippen molar-refractivity contribution in [3.8, 4) is 0 Å². The third kappa shape index (κ3) is 5.35. The zero-order valence-corrected chi connectivity index (χ0v) is 6.94. The lowest BCUT2D eigenvalue weighted by atomic mass is 11.1. The van der Waals surface area contributed by atoms with Crippen LogP contribution in [0.4, 0.5) is 9.59 Å². The van der Waals surface area contributed by atoms with Gasteiger partial charge in [0.2, 0.25) is 0 Å². The first-order valence-electron chi connectivity index (χ1n) is 2.71. The molecule has 0 heterocycles. The third-order valence-electron chi connectivity index (χ3n) is 0.603. The summed E-state index contributed by atoms with van der Waals surface area (Å²) in [4.78, 5) is 25.0. The highest BCUT2D eigenvalue weighted by Crippen LogP contribution is 1.99. The van der Waals surface area contributed by atoms with E-state index in [1.54, 1.807) is 5.48 Å². The molecule has 0 saturated heterocycles. The molecule has 0 radical (unpaired) electrons. The van der Waals surface area contributed by atoms with Crippen LogP contribution in [0.25, 0.3) is 0 Å². The SMILES string of the molecule is CNC(=O)ONC(=O)SOC=N. The fourth-order valence-corrected chi connectivity index (χ4v) is 0.435. The molecular weight excluding hydrogens is 186 g/mol. The average molecular weight is 193 g/mol. The average Bonchev–Trinajstić information content (AvgIpc) is 2.10. The highest BCUT2D eigenvalue weighted by atomic mass is 32.2. The van der Waals surface area contributed by atoms with Crippen LogP contribution in [0.3, 0.4) is 0 Å². The van der Waals surface area contributed by atoms with Crippen LogP contribution in [0.1, 0.15) is 0 Å². The van der Waals surface area contributed by atoms with Crippen molar-refractivity contribution in [3.05, 3.63) is 0 Å². The van der Waals surface area contributed by atoms with Crippen LogP contribution in [0.5, 0.6) is 0 Å². The summed E-state index contributed by atoms with van der Waals surface area (Å²) < 4.78 is 4.20. The Kier molecular flexibility index (Phi) is 5.53. The van der Waals surface area contributed by atoms with Crippen molar-refractivity contribution < 1.29 is 18.6 Å². The molecule has 7 nitrogen and oxygen atoms in total. The van der Waals surface area contributed by atoms with Crippen molar-refractivity contribution in [3.63, 3.8) is 0 Å². The molecule has 0 spiro atoms. The number of amides is 2. The number of hydrogen-bond donors (Lipinski definition) is 3. The minimum absolute atomic E-state index is 0.331. The van der Waals surface area contributed by atoms with Gasteiger partial charge in [-0.15, -0.1) is 0 Å². The van der Waals surface area contributed by atoms with Gasteiger partial charge in [0.1, 0.15) is 0 Å². The van der Waals surface area contributed by atoms with E-state index in [1.165, 1.54) is 7.05 Å². The van der Waals surface area contributed by atoms with Crippen LogP contribution in [0, 0.1) is 5.41 Å². The molecule has 0 unspecified atom stereocenters. The third-order valence-corrected chi connectivity index (χ3v) is 1.03. The summed E-state index contributed by atoms with van der Waals surface area (Å²) >= 11 is 0.331. The van der Waals surface area contributed by atoms with Crippen LogP contribution in [0.2, 0.25) is 0 Å². The summed E-state index contributed by atoms with van der Waals surface area (Å²) in [5.41, 5.74) is 1.75. The van der Waals surface area contributed by atoms with E-state index in [0.29, 0.717) is 18.4 Å². The van der Waals surface area contributed by atoms with E-state index >= 15 is 0 Å². The minimum Gasteiger partial charge on any atom is -0.404 e. The van der Waals surface area contributed by atoms with Gasteiger partial charge in [-0.1, -0.05) is 0 Å². The molecule has 12 heavy (non-hydrogen) atoms. The van der Waals surface area contributed by atoms with Crippen molar-refractivity contribution in [1.29, 1.82) is 5.41 Å². The molecule has 0 aliphatic carbocycles. The lowest BCUT2D eigenvalue weighted by molar-refractivity contribution is 0.109. The quantitative estimate of drug-likeness (QED) is 0.252. The van der Waals surface area contributed by atoms with Crippen LogP contribution in [-0.4, -0.2) is 24.8 Å². The zero-order valence-electron chi connectivity index (χ0n) is 6.12. The lowest BCUT2D eigenvalue weighted by Gasteiger charge is -2.01. The molecule has 3 N–H and O–H groups in total. The molecular formula is C4H7N3O4S. The zero-order chi connectivity index (χ0) is 9.40. The van der Waals surface area contributed by atoms with Gasteiger partial charge in [-0.25, -0.2) is 4.79 Å². The first-order chi connectivity index (χ1) is 5.70. The molecule has 2 amide bonds. The standard InChI is InChI=1S/C4H7N3O4S/c1-6-3(8)11-7-4(9)12-10-2-5/h2,5H,1H3,(H,6,8)(H,7,9). The second kappa shape index (κ2) is 6.28. The number of carbonyl (C=O) groups is 2. The van der Waals surface area contributed by atoms with Gasteiger partial charge in [-0.05, 0) is 0 Å². The molecule has 0 aromatic carbocycles. The monoisotopic (exact) mass is 193 g/mol. The maximum atomic E-state index is 10.5. The largest absolute Gasteiger partial charge is 0.431 e. The summed E-state index contributed by atoms with van der Waals surface area (Å²) in [6, 6.07) is 0. The molecule has 0 saturated carbocycles. The summed E-state index contributed by atoms with van der Waals surface area (Å²) in [6.45, 7) is 0. The first-order valence-corrected chi connectivity index (χ1v) is 3.45. The van der Waals surface area contributed by atoms with E-state index in [0.717, 1.165) is 0 Å². The topological polar surface area (TPSA) is 101 Å². The maximum absolute atomic E-state index is 10.5. The van der Waals surface area contributed by atoms with E-state index in [1.807, 2.05) is 0 Å². The van der Waals surface area contributed by atoms with Crippen molar-refractivity contribution in [2.45, 2.75) is 0 Å². The number of hydroxylamine groups is 1. The van der Waals surface area contributed by atoms with Gasteiger partial charge in [0.25, 0.3) is 0 Å². The Bertz CT molecular complexity index is 185. The number of nitrogens with one attached hydrogen (secondary N) is 3. The van der Waals surface area contributed by atoms with Crippen LogP contribution in [-0.2, 0) is 9.02 Å². The summed E-state index contributed by atoms with van der Waals surface area (Å²) in [5.74, 6) is 0. The molecule has 0 fully saturated rings. The predicted molar refractivity (Wildman–Crippen MR) is 41.5 cm³/mol. The molecule has 0 rings (SSSR count). The Labute approximate surface area is 72.5 Å². The summed E-state index contributed by atoms with van der Waals surface area (Å²) in [7, 11) is 1.34. The van der Waals surface area contributed by atoms with Gasteiger partial charge in [-0.3, -0.25) is 10.2 Å². The van der Waals surface area contributed by atoms with Gasteiger partial charge >= 0.3 is 11.3 Å². The lowest BCUT2D eigenvalue weighted by Crippen LogP contribution is -2.29. The molecule has 0 aliphatic rings. The smallest absolute Gasteiger partial charge is 0.404 e. The second-order valence-corrected chi connectivity index (χ2v) is 2.06. The van der Waals surface area contributed by atoms with Crippen molar-refractivity contribution in [2.24, 2.45) is 0 Å². The van der Waals surface area contributed by atoms with E-state index in [2.05, 4.69) is 14.3 Å². The Morgan fingerprint density at radius 2 is 2.25 bits per heavy atom. The molecule has 0 aliphatic heterocycles. The van der Waals surface area contributed by atoms with Gasteiger partial charge in [0.15, 0.2) is 18.4 Å². The van der Waals surface area contributed by atoms with E-state index in [9.17, 15) is 9.59 Å². The Morgan fingerprint density at radius 3 is 2.75 bits per heavy atom. The number of hydrogen-bond acceptors (Lipinski definition) is 6. The van der Waals surface area contributed by atoms with E-state index in [-0.39, 0.29) is 0 Å². The Hall–Kier alpha value is -1.44. The first kappa shape index (κ1) is 10.6. The molecule has 0 atom stereocenters. The summed E-state index contributed by atoms with van der Waals surface area (Å²) in [6.07, 6.45) is -0.219. The fourth-order valence-electron chi connectivity index (χ4n) is 0.224. The maximum Gasteiger partial charge on any atom is 0.431 e. The van der Waals surface area contributed by atoms with Gasteiger partial charge in [-0.2, -0.15) is 5.48 Å². The van der Waals surface area contributed by atoms with Crippen LogP contribution >= 0.6 is 12.0 Å². The number of rotatable bonds is 2. The van der Waals surface area contributed by atoms with Crippen LogP contribution in [0.15, 0.2) is 0 Å². The fraction of sp³-hybridized carbons (Fsp3) is 0.250. The molecule has 0 aromatic rings. The van der Waals surface area contributed by atoms with E-state index < -0.39 is 11.3 Å². The van der Waals surface area contributed by atoms with Gasteiger partial charge in [0, 0.05) is 7.05 Å². The highest BCUT2D eigenvalue weighted by Gasteiger charge is 2.05. The molecule has 0 aromatic heterocycles. The minimum atomic E-state index is -0.793. The van der Waals surface area contributed by atoms with Gasteiger partial charge in [0.05, 0.1) is 0 Å². The van der Waals surface area contributed by atoms with Crippen molar-refractivity contribution in [2.75, 3.05) is 7.05 Å². The normalized spacial score (nSPS) is 8.08. The van der Waals surface area contributed by atoms with Crippen LogP contribution < -0.4 is 10.8 Å². The molecule has 8 heteroatoms. The molecule has 68 valence electrons. The number of carbonyl (C=O) groups excluding carboxylic acids is 2. The second-order valence-electron chi connectivity index (χ2n) is 1.33. The van der Waals surface area contributed by atoms with Crippen molar-refractivity contribution in [1.82, 2.24) is 10.8 Å². The Morgan fingerprint density at radius 1 is 1.58 bits per heavy atom. The predicted octanol–water partition coefficient (Wildman–Crippen LogP) is 0.239. The molecule has 0 bridgehead atoms. The Balaban J connectivity index is 3.43. The highest BCUT2D eigenvalue weighted by molar-refractivity contribution is 8.09. The van der Waals surface area contributed by atoms with Gasteiger partial charge < -0.3 is 14.3 Å². The van der Waals surface area contributed by atoms with Crippen molar-refractivity contribution >= 4 is 29.8 Å².